The van der Waals surface area contributed by atoms with Crippen molar-refractivity contribution in [2.24, 2.45) is 7.05 Å². The number of hydrogen-bond donors (Lipinski definition) is 1. The summed E-state index contributed by atoms with van der Waals surface area (Å²) in [6.45, 7) is 5.83. The Morgan fingerprint density at radius 1 is 1.32 bits per heavy atom. The van der Waals surface area contributed by atoms with Gasteiger partial charge < -0.3 is 9.84 Å². The van der Waals surface area contributed by atoms with Crippen molar-refractivity contribution in [2.75, 3.05) is 0 Å². The van der Waals surface area contributed by atoms with E-state index in [1.165, 1.54) is 0 Å². The maximum Gasteiger partial charge on any atom is 0.171 e. The van der Waals surface area contributed by atoms with Crippen molar-refractivity contribution < 1.29 is 9.84 Å². The predicted octanol–water partition coefficient (Wildman–Crippen LogP) is 3.27. The Labute approximate surface area is 113 Å². The molecule has 0 fully saturated rings. The van der Waals surface area contributed by atoms with Crippen molar-refractivity contribution in [3.8, 4) is 11.5 Å². The van der Waals surface area contributed by atoms with Gasteiger partial charge in [0.15, 0.2) is 5.75 Å². The highest BCUT2D eigenvalue weighted by Gasteiger charge is 2.16. The number of hydrogen-bond acceptors (Lipinski definition) is 3. The molecule has 1 heterocycles. The van der Waals surface area contributed by atoms with Crippen molar-refractivity contribution in [1.82, 2.24) is 9.78 Å². The fourth-order valence-electron chi connectivity index (χ4n) is 2.08. The second kappa shape index (κ2) is 5.45. The van der Waals surface area contributed by atoms with Gasteiger partial charge in [-0.2, -0.15) is 5.10 Å². The predicted molar refractivity (Wildman–Crippen MR) is 74.4 cm³/mol. The number of para-hydroxylation sites is 1. The second-order valence-electron chi connectivity index (χ2n) is 4.69. The molecule has 19 heavy (non-hydrogen) atoms. The van der Waals surface area contributed by atoms with Crippen LogP contribution in [0.3, 0.4) is 0 Å². The van der Waals surface area contributed by atoms with Gasteiger partial charge in [0, 0.05) is 12.6 Å². The summed E-state index contributed by atoms with van der Waals surface area (Å²) in [7, 11) is 1.89. The molecular formula is C15H20N2O2. The number of aliphatic hydroxyl groups excluding tert-OH is 1. The molecule has 4 heteroatoms. The van der Waals surface area contributed by atoms with Gasteiger partial charge in [0.1, 0.15) is 11.4 Å². The minimum Gasteiger partial charge on any atom is -0.453 e. The molecule has 4 nitrogen and oxygen atoms in total. The Morgan fingerprint density at radius 3 is 2.58 bits per heavy atom. The summed E-state index contributed by atoms with van der Waals surface area (Å²) >= 11 is 0. The molecule has 2 aromatic rings. The number of benzene rings is 1. The molecule has 0 aliphatic heterocycles. The van der Waals surface area contributed by atoms with Gasteiger partial charge in [-0.1, -0.05) is 25.1 Å². The molecule has 0 amide bonds. The molecule has 1 N–H and O–H groups in total. The second-order valence-corrected chi connectivity index (χ2v) is 4.69. The molecule has 102 valence electrons. The quantitative estimate of drug-likeness (QED) is 0.917. The van der Waals surface area contributed by atoms with Crippen LogP contribution in [0.1, 0.15) is 36.4 Å². The Bertz CT molecular complexity index is 576. The summed E-state index contributed by atoms with van der Waals surface area (Å²) in [6.07, 6.45) is 0.152. The lowest BCUT2D eigenvalue weighted by Crippen LogP contribution is -1.99. The average molecular weight is 260 g/mol. The van der Waals surface area contributed by atoms with E-state index in [4.69, 9.17) is 4.74 Å². The van der Waals surface area contributed by atoms with E-state index in [1.807, 2.05) is 52.1 Å². The Kier molecular flexibility index (Phi) is 3.90. The van der Waals surface area contributed by atoms with E-state index in [0.29, 0.717) is 12.2 Å². The number of aliphatic hydroxyl groups is 1. The molecule has 0 aliphatic carbocycles. The van der Waals surface area contributed by atoms with E-state index >= 15 is 0 Å². The lowest BCUT2D eigenvalue weighted by Gasteiger charge is -2.14. The van der Waals surface area contributed by atoms with Gasteiger partial charge in [-0.05, 0) is 26.3 Å². The number of rotatable bonds is 4. The van der Waals surface area contributed by atoms with Gasteiger partial charge in [0.2, 0.25) is 0 Å². The van der Waals surface area contributed by atoms with E-state index < -0.39 is 6.10 Å². The first kappa shape index (κ1) is 13.6. The molecule has 0 spiro atoms. The zero-order valence-corrected chi connectivity index (χ0v) is 11.8. The van der Waals surface area contributed by atoms with Crippen molar-refractivity contribution in [3.05, 3.63) is 41.2 Å². The lowest BCUT2D eigenvalue weighted by molar-refractivity contribution is 0.170. The van der Waals surface area contributed by atoms with Crippen LogP contribution in [0.4, 0.5) is 0 Å². The maximum absolute atomic E-state index is 10.0. The summed E-state index contributed by atoms with van der Waals surface area (Å²) in [4.78, 5) is 0. The molecule has 1 aromatic carbocycles. The average Bonchev–Trinajstić information content (AvgIpc) is 2.65. The van der Waals surface area contributed by atoms with Gasteiger partial charge >= 0.3 is 0 Å². The number of aromatic nitrogens is 2. The largest absolute Gasteiger partial charge is 0.453 e. The van der Waals surface area contributed by atoms with Crippen LogP contribution in [0, 0.1) is 13.8 Å². The molecule has 0 aliphatic rings. The first-order valence-electron chi connectivity index (χ1n) is 6.49. The Hall–Kier alpha value is -1.81. The molecule has 0 radical (unpaired) electrons. The SMILES string of the molecule is CCC(O)c1ccccc1Oc1c(C)nn(C)c1C. The lowest BCUT2D eigenvalue weighted by atomic mass is 10.1. The van der Waals surface area contributed by atoms with Crippen LogP contribution in [0.15, 0.2) is 24.3 Å². The van der Waals surface area contributed by atoms with E-state index in [1.54, 1.807) is 4.68 Å². The van der Waals surface area contributed by atoms with Crippen molar-refractivity contribution in [3.63, 3.8) is 0 Å². The molecule has 1 aromatic heterocycles. The summed E-state index contributed by atoms with van der Waals surface area (Å²) < 4.78 is 7.77. The summed E-state index contributed by atoms with van der Waals surface area (Å²) in [5.41, 5.74) is 2.63. The van der Waals surface area contributed by atoms with E-state index in [-0.39, 0.29) is 0 Å². The van der Waals surface area contributed by atoms with Crippen LogP contribution in [-0.2, 0) is 7.05 Å². The summed E-state index contributed by atoms with van der Waals surface area (Å²) in [5.74, 6) is 1.45. The molecule has 1 unspecified atom stereocenters. The minimum atomic E-state index is -0.506. The minimum absolute atomic E-state index is 0.506. The van der Waals surface area contributed by atoms with Gasteiger partial charge in [-0.3, -0.25) is 4.68 Å². The van der Waals surface area contributed by atoms with Crippen LogP contribution < -0.4 is 4.74 Å². The maximum atomic E-state index is 10.0. The Morgan fingerprint density at radius 2 is 2.00 bits per heavy atom. The molecule has 0 bridgehead atoms. The molecule has 2 rings (SSSR count). The third-order valence-electron chi connectivity index (χ3n) is 3.32. The van der Waals surface area contributed by atoms with E-state index in [2.05, 4.69) is 5.10 Å². The van der Waals surface area contributed by atoms with Crippen LogP contribution in [0.2, 0.25) is 0 Å². The van der Waals surface area contributed by atoms with Gasteiger partial charge in [-0.15, -0.1) is 0 Å². The zero-order valence-electron chi connectivity index (χ0n) is 11.8. The van der Waals surface area contributed by atoms with Gasteiger partial charge in [0.25, 0.3) is 0 Å². The zero-order chi connectivity index (χ0) is 14.0. The normalized spacial score (nSPS) is 12.5. The van der Waals surface area contributed by atoms with Crippen molar-refractivity contribution in [2.45, 2.75) is 33.3 Å². The standard InChI is InChI=1S/C15H20N2O2/c1-5-13(18)12-8-6-7-9-14(12)19-15-10(2)16-17(4)11(15)3/h6-9,13,18H,5H2,1-4H3. The highest BCUT2D eigenvalue weighted by Crippen LogP contribution is 2.33. The van der Waals surface area contributed by atoms with E-state index in [0.717, 1.165) is 22.7 Å². The number of aryl methyl sites for hydroxylation is 2. The first-order chi connectivity index (χ1) is 9.04. The van der Waals surface area contributed by atoms with Crippen LogP contribution in [0.25, 0.3) is 0 Å². The van der Waals surface area contributed by atoms with Gasteiger partial charge in [-0.25, -0.2) is 0 Å². The van der Waals surface area contributed by atoms with Crippen molar-refractivity contribution in [1.29, 1.82) is 0 Å². The third kappa shape index (κ3) is 2.63. The topological polar surface area (TPSA) is 47.3 Å². The molecule has 0 saturated carbocycles. The number of nitrogens with zero attached hydrogens (tertiary/aromatic N) is 2. The van der Waals surface area contributed by atoms with Crippen LogP contribution in [-0.4, -0.2) is 14.9 Å². The van der Waals surface area contributed by atoms with Crippen LogP contribution >= 0.6 is 0 Å². The fraction of sp³-hybridized carbons (Fsp3) is 0.400. The smallest absolute Gasteiger partial charge is 0.171 e. The van der Waals surface area contributed by atoms with Gasteiger partial charge in [0.05, 0.1) is 11.8 Å². The fourth-order valence-corrected chi connectivity index (χ4v) is 2.08. The molecular weight excluding hydrogens is 240 g/mol. The Balaban J connectivity index is 2.38. The third-order valence-corrected chi connectivity index (χ3v) is 3.32. The highest BCUT2D eigenvalue weighted by molar-refractivity contribution is 5.42. The van der Waals surface area contributed by atoms with E-state index in [9.17, 15) is 5.11 Å². The van der Waals surface area contributed by atoms with Crippen LogP contribution in [0.5, 0.6) is 11.5 Å². The summed E-state index contributed by atoms with van der Waals surface area (Å²) in [5, 5.41) is 14.4. The monoisotopic (exact) mass is 260 g/mol. The highest BCUT2D eigenvalue weighted by atomic mass is 16.5. The molecule has 1 atom stereocenters. The first-order valence-corrected chi connectivity index (χ1v) is 6.49. The summed E-state index contributed by atoms with van der Waals surface area (Å²) in [6, 6.07) is 7.58. The molecule has 0 saturated heterocycles. The van der Waals surface area contributed by atoms with Crippen molar-refractivity contribution >= 4 is 0 Å². The number of ether oxygens (including phenoxy) is 1.